The summed E-state index contributed by atoms with van der Waals surface area (Å²) in [5.41, 5.74) is 5.16. The number of carbonyl (C=O) groups is 1. The molecule has 1 atom stereocenters. The molecule has 0 spiro atoms. The molecule has 1 aliphatic heterocycles. The van der Waals surface area contributed by atoms with Gasteiger partial charge in [0.1, 0.15) is 0 Å². The van der Waals surface area contributed by atoms with E-state index >= 15 is 0 Å². The number of likely N-dealkylation sites (N-methyl/N-ethyl adjacent to an activating group) is 1. The SMILES string of the molecule is CN1CC[C@H](NC(=O)CN)C1. The van der Waals surface area contributed by atoms with E-state index in [0.717, 1.165) is 19.5 Å². The molecule has 0 aromatic heterocycles. The van der Waals surface area contributed by atoms with Gasteiger partial charge in [-0.1, -0.05) is 0 Å². The quantitative estimate of drug-likeness (QED) is 0.527. The summed E-state index contributed by atoms with van der Waals surface area (Å²) < 4.78 is 0. The summed E-state index contributed by atoms with van der Waals surface area (Å²) in [5, 5.41) is 2.85. The molecule has 4 heteroatoms. The van der Waals surface area contributed by atoms with Crippen molar-refractivity contribution in [1.29, 1.82) is 0 Å². The second-order valence-electron chi connectivity index (χ2n) is 3.02. The third-order valence-corrected chi connectivity index (χ3v) is 1.94. The van der Waals surface area contributed by atoms with Crippen LogP contribution in [0, 0.1) is 0 Å². The molecule has 1 heterocycles. The van der Waals surface area contributed by atoms with Crippen molar-refractivity contribution in [3.05, 3.63) is 0 Å². The number of hydrogen-bond acceptors (Lipinski definition) is 3. The normalized spacial score (nSPS) is 25.5. The van der Waals surface area contributed by atoms with Gasteiger partial charge in [-0.25, -0.2) is 0 Å². The third kappa shape index (κ3) is 2.48. The maximum Gasteiger partial charge on any atom is 0.233 e. The molecule has 4 nitrogen and oxygen atoms in total. The van der Waals surface area contributed by atoms with Crippen molar-refractivity contribution >= 4 is 5.91 Å². The van der Waals surface area contributed by atoms with Gasteiger partial charge in [0.2, 0.25) is 5.91 Å². The van der Waals surface area contributed by atoms with Gasteiger partial charge in [-0.3, -0.25) is 4.79 Å². The molecule has 0 aromatic carbocycles. The zero-order valence-electron chi connectivity index (χ0n) is 6.84. The lowest BCUT2D eigenvalue weighted by Crippen LogP contribution is -2.39. The molecule has 0 saturated carbocycles. The van der Waals surface area contributed by atoms with Gasteiger partial charge in [0.15, 0.2) is 0 Å². The predicted molar refractivity (Wildman–Crippen MR) is 43.1 cm³/mol. The molecule has 11 heavy (non-hydrogen) atoms. The first-order valence-corrected chi connectivity index (χ1v) is 3.90. The fraction of sp³-hybridized carbons (Fsp3) is 0.857. The Balaban J connectivity index is 2.23. The highest BCUT2D eigenvalue weighted by Gasteiger charge is 2.19. The number of carbonyl (C=O) groups excluding carboxylic acids is 1. The molecule has 1 rings (SSSR count). The molecule has 1 fully saturated rings. The minimum Gasteiger partial charge on any atom is -0.351 e. The maximum absolute atomic E-state index is 10.8. The number of nitrogens with zero attached hydrogens (tertiary/aromatic N) is 1. The zero-order valence-corrected chi connectivity index (χ0v) is 6.84. The Bertz CT molecular complexity index is 149. The minimum absolute atomic E-state index is 0.0506. The van der Waals surface area contributed by atoms with Crippen LogP contribution in [0.2, 0.25) is 0 Å². The Morgan fingerprint density at radius 2 is 2.55 bits per heavy atom. The molecule has 3 N–H and O–H groups in total. The Morgan fingerprint density at radius 3 is 3.00 bits per heavy atom. The van der Waals surface area contributed by atoms with E-state index in [1.807, 2.05) is 0 Å². The number of hydrogen-bond donors (Lipinski definition) is 2. The van der Waals surface area contributed by atoms with Crippen LogP contribution >= 0.6 is 0 Å². The Kier molecular flexibility index (Phi) is 2.84. The highest BCUT2D eigenvalue weighted by Crippen LogP contribution is 2.05. The number of amides is 1. The topological polar surface area (TPSA) is 58.4 Å². The predicted octanol–water partition coefficient (Wildman–Crippen LogP) is -1.23. The van der Waals surface area contributed by atoms with E-state index in [4.69, 9.17) is 5.73 Å². The van der Waals surface area contributed by atoms with Crippen molar-refractivity contribution in [2.45, 2.75) is 12.5 Å². The minimum atomic E-state index is -0.0506. The molecule has 0 aromatic rings. The first kappa shape index (κ1) is 8.49. The van der Waals surface area contributed by atoms with Gasteiger partial charge in [-0.15, -0.1) is 0 Å². The van der Waals surface area contributed by atoms with Crippen LogP contribution in [-0.4, -0.2) is 43.5 Å². The van der Waals surface area contributed by atoms with Crippen LogP contribution in [0.3, 0.4) is 0 Å². The van der Waals surface area contributed by atoms with Gasteiger partial charge < -0.3 is 16.0 Å². The molecule has 1 aliphatic rings. The molecule has 0 aliphatic carbocycles. The highest BCUT2D eigenvalue weighted by atomic mass is 16.1. The molecule has 1 amide bonds. The molecule has 64 valence electrons. The summed E-state index contributed by atoms with van der Waals surface area (Å²) in [6, 6.07) is 0.316. The van der Waals surface area contributed by atoms with Gasteiger partial charge in [-0.2, -0.15) is 0 Å². The van der Waals surface area contributed by atoms with Gasteiger partial charge in [0, 0.05) is 12.6 Å². The van der Waals surface area contributed by atoms with Crippen molar-refractivity contribution < 1.29 is 4.79 Å². The first-order valence-electron chi connectivity index (χ1n) is 3.90. The lowest BCUT2D eigenvalue weighted by molar-refractivity contribution is -0.120. The van der Waals surface area contributed by atoms with Crippen LogP contribution in [0.1, 0.15) is 6.42 Å². The number of rotatable bonds is 2. The van der Waals surface area contributed by atoms with E-state index in [-0.39, 0.29) is 12.5 Å². The summed E-state index contributed by atoms with van der Waals surface area (Å²) in [6.45, 7) is 2.11. The smallest absolute Gasteiger partial charge is 0.233 e. The monoisotopic (exact) mass is 157 g/mol. The molecule has 0 unspecified atom stereocenters. The van der Waals surface area contributed by atoms with Crippen LogP contribution in [0.5, 0.6) is 0 Å². The summed E-state index contributed by atoms with van der Waals surface area (Å²) in [4.78, 5) is 13.0. The van der Waals surface area contributed by atoms with Gasteiger partial charge >= 0.3 is 0 Å². The fourth-order valence-corrected chi connectivity index (χ4v) is 1.34. The zero-order chi connectivity index (χ0) is 8.27. The van der Waals surface area contributed by atoms with E-state index in [1.54, 1.807) is 0 Å². The van der Waals surface area contributed by atoms with Crippen molar-refractivity contribution in [2.75, 3.05) is 26.7 Å². The maximum atomic E-state index is 10.8. The summed E-state index contributed by atoms with van der Waals surface area (Å²) in [6.07, 6.45) is 1.04. The van der Waals surface area contributed by atoms with Crippen LogP contribution in [-0.2, 0) is 4.79 Å². The van der Waals surface area contributed by atoms with Crippen molar-refractivity contribution in [2.24, 2.45) is 5.73 Å². The summed E-state index contributed by atoms with van der Waals surface area (Å²) in [5.74, 6) is -0.0506. The van der Waals surface area contributed by atoms with E-state index in [2.05, 4.69) is 17.3 Å². The molecular formula is C7H15N3O. The number of likely N-dealkylation sites (tertiary alicyclic amines) is 1. The van der Waals surface area contributed by atoms with E-state index in [0.29, 0.717) is 6.04 Å². The summed E-state index contributed by atoms with van der Waals surface area (Å²) in [7, 11) is 2.05. The third-order valence-electron chi connectivity index (χ3n) is 1.94. The van der Waals surface area contributed by atoms with Crippen molar-refractivity contribution in [3.8, 4) is 0 Å². The van der Waals surface area contributed by atoms with Gasteiger partial charge in [0.05, 0.1) is 6.54 Å². The lowest BCUT2D eigenvalue weighted by Gasteiger charge is -2.11. The van der Waals surface area contributed by atoms with Crippen LogP contribution < -0.4 is 11.1 Å². The van der Waals surface area contributed by atoms with Crippen molar-refractivity contribution in [3.63, 3.8) is 0 Å². The van der Waals surface area contributed by atoms with E-state index in [1.165, 1.54) is 0 Å². The van der Waals surface area contributed by atoms with E-state index < -0.39 is 0 Å². The largest absolute Gasteiger partial charge is 0.351 e. The van der Waals surface area contributed by atoms with Gasteiger partial charge in [-0.05, 0) is 20.0 Å². The van der Waals surface area contributed by atoms with Crippen molar-refractivity contribution in [1.82, 2.24) is 10.2 Å². The van der Waals surface area contributed by atoms with Crippen LogP contribution in [0.25, 0.3) is 0 Å². The molecule has 0 radical (unpaired) electrons. The first-order chi connectivity index (χ1) is 5.22. The standard InChI is InChI=1S/C7H15N3O/c1-10-3-2-6(5-10)9-7(11)4-8/h6H,2-5,8H2,1H3,(H,9,11)/t6-/m0/s1. The molecule has 0 bridgehead atoms. The number of nitrogens with two attached hydrogens (primary N) is 1. The number of nitrogens with one attached hydrogen (secondary N) is 1. The lowest BCUT2D eigenvalue weighted by atomic mass is 10.2. The molecular weight excluding hydrogens is 142 g/mol. The van der Waals surface area contributed by atoms with Crippen LogP contribution in [0.15, 0.2) is 0 Å². The second kappa shape index (κ2) is 3.69. The average Bonchev–Trinajstić information content (AvgIpc) is 2.35. The Hall–Kier alpha value is -0.610. The van der Waals surface area contributed by atoms with E-state index in [9.17, 15) is 4.79 Å². The highest BCUT2D eigenvalue weighted by molar-refractivity contribution is 5.78. The fourth-order valence-electron chi connectivity index (χ4n) is 1.34. The summed E-state index contributed by atoms with van der Waals surface area (Å²) >= 11 is 0. The van der Waals surface area contributed by atoms with Crippen LogP contribution in [0.4, 0.5) is 0 Å². The second-order valence-corrected chi connectivity index (χ2v) is 3.02. The molecule has 1 saturated heterocycles. The average molecular weight is 157 g/mol. The Morgan fingerprint density at radius 1 is 1.82 bits per heavy atom. The Labute approximate surface area is 66.7 Å². The van der Waals surface area contributed by atoms with Gasteiger partial charge in [0.25, 0.3) is 0 Å².